The molecule has 5 aromatic rings. The van der Waals surface area contributed by atoms with Crippen molar-refractivity contribution < 1.29 is 75.2 Å². The van der Waals surface area contributed by atoms with Gasteiger partial charge in [-0.1, -0.05) is 0 Å². The Kier molecular flexibility index (Phi) is 7.83. The summed E-state index contributed by atoms with van der Waals surface area (Å²) in [6.07, 6.45) is -6.28. The first-order valence-corrected chi connectivity index (χ1v) is 15.4. The molecule has 2 heterocycles. The smallest absolute Gasteiger partial charge is 0.338 e. The van der Waals surface area contributed by atoms with Gasteiger partial charge in [0.1, 0.15) is 46.7 Å². The van der Waals surface area contributed by atoms with Gasteiger partial charge in [-0.25, -0.2) is 4.79 Å². The van der Waals surface area contributed by atoms with Crippen molar-refractivity contribution in [3.05, 3.63) is 92.6 Å². The molecule has 0 spiro atoms. The molecule has 0 saturated heterocycles. The molecule has 7 rings (SSSR count). The monoisotopic (exact) mass is 716 g/mol. The minimum Gasteiger partial charge on any atom is -0.508 e. The fourth-order valence-corrected chi connectivity index (χ4v) is 6.53. The molecule has 5 aromatic carbocycles. The molecule has 16 heteroatoms. The maximum Gasteiger partial charge on any atom is 0.338 e. The van der Waals surface area contributed by atoms with Crippen molar-refractivity contribution in [2.45, 2.75) is 37.3 Å². The molecule has 0 saturated carbocycles. The Morgan fingerprint density at radius 3 is 1.79 bits per heavy atom. The number of phenolic OH excluding ortho intramolecular Hbond substituents is 9. The van der Waals surface area contributed by atoms with Gasteiger partial charge in [0.25, 0.3) is 0 Å². The molecular weight excluding hydrogens is 688 g/mol. The van der Waals surface area contributed by atoms with Gasteiger partial charge in [-0.05, 0) is 41.3 Å². The van der Waals surface area contributed by atoms with E-state index in [0.29, 0.717) is 0 Å². The van der Waals surface area contributed by atoms with Crippen molar-refractivity contribution in [1.82, 2.24) is 0 Å². The lowest BCUT2D eigenvalue weighted by Crippen LogP contribution is -2.35. The van der Waals surface area contributed by atoms with Crippen LogP contribution in [0.2, 0.25) is 0 Å². The Morgan fingerprint density at radius 2 is 1.17 bits per heavy atom. The molecule has 16 nitrogen and oxygen atoms in total. The second-order valence-electron chi connectivity index (χ2n) is 12.4. The van der Waals surface area contributed by atoms with Gasteiger partial charge < -0.3 is 70.4 Å². The summed E-state index contributed by atoms with van der Waals surface area (Å²) in [5.74, 6) is -8.24. The molecule has 11 N–H and O–H groups in total. The molecule has 0 bridgehead atoms. The van der Waals surface area contributed by atoms with Gasteiger partial charge in [-0.2, -0.15) is 0 Å². The first-order valence-electron chi connectivity index (χ1n) is 15.4. The number of phenols is 9. The van der Waals surface area contributed by atoms with Gasteiger partial charge in [0.15, 0.2) is 40.6 Å². The Morgan fingerprint density at radius 1 is 0.615 bits per heavy atom. The number of benzene rings is 4. The molecule has 52 heavy (non-hydrogen) atoms. The number of aliphatic hydroxyl groups excluding tert-OH is 1. The topological polar surface area (TPSA) is 284 Å². The lowest BCUT2D eigenvalue weighted by molar-refractivity contribution is -0.0184. The normalized spacial score (nSPS) is 19.2. The zero-order valence-corrected chi connectivity index (χ0v) is 26.4. The highest BCUT2D eigenvalue weighted by molar-refractivity contribution is 5.94. The van der Waals surface area contributed by atoms with E-state index in [1.54, 1.807) is 0 Å². The highest BCUT2D eigenvalue weighted by atomic mass is 16.6. The first-order chi connectivity index (χ1) is 24.6. The van der Waals surface area contributed by atoms with Gasteiger partial charge in [0, 0.05) is 53.8 Å². The summed E-state index contributed by atoms with van der Waals surface area (Å²) in [5.41, 5.74) is -1.59. The molecular formula is C36H28O16. The third-order valence-corrected chi connectivity index (χ3v) is 8.98. The van der Waals surface area contributed by atoms with Crippen molar-refractivity contribution in [1.29, 1.82) is 0 Å². The van der Waals surface area contributed by atoms with E-state index in [2.05, 4.69) is 0 Å². The van der Waals surface area contributed by atoms with Crippen LogP contribution in [0.15, 0.2) is 59.4 Å². The molecule has 0 amide bonds. The van der Waals surface area contributed by atoms with E-state index in [1.165, 1.54) is 12.1 Å². The van der Waals surface area contributed by atoms with Crippen molar-refractivity contribution >= 4 is 16.7 Å². The Balaban J connectivity index is 1.42. The van der Waals surface area contributed by atoms with E-state index >= 15 is 0 Å². The van der Waals surface area contributed by atoms with Crippen LogP contribution < -0.4 is 14.9 Å². The lowest BCUT2D eigenvalue weighted by Gasteiger charge is -2.34. The summed E-state index contributed by atoms with van der Waals surface area (Å²) in [5, 5.41) is 114. The minimum atomic E-state index is -1.53. The molecule has 2 unspecified atom stereocenters. The van der Waals surface area contributed by atoms with E-state index < -0.39 is 92.8 Å². The molecule has 0 radical (unpaired) electrons. The summed E-state index contributed by atoms with van der Waals surface area (Å²) < 4.78 is 17.8. The highest BCUT2D eigenvalue weighted by Crippen LogP contribution is 2.48. The van der Waals surface area contributed by atoms with E-state index in [9.17, 15) is 65.8 Å². The first kappa shape index (κ1) is 33.6. The molecule has 268 valence electrons. The van der Waals surface area contributed by atoms with Crippen molar-refractivity contribution in [2.24, 2.45) is 0 Å². The van der Waals surface area contributed by atoms with E-state index in [1.807, 2.05) is 0 Å². The minimum absolute atomic E-state index is 0.0173. The number of hydrogen-bond acceptors (Lipinski definition) is 16. The number of carbonyl (C=O) groups is 1. The molecule has 2 aliphatic heterocycles. The Hall–Kier alpha value is -6.94. The van der Waals surface area contributed by atoms with Crippen LogP contribution in [-0.4, -0.2) is 74.3 Å². The zero-order chi connectivity index (χ0) is 37.3. The third-order valence-electron chi connectivity index (χ3n) is 8.98. The van der Waals surface area contributed by atoms with Gasteiger partial charge in [-0.15, -0.1) is 0 Å². The summed E-state index contributed by atoms with van der Waals surface area (Å²) in [6, 6.07) is 9.20. The molecule has 4 atom stereocenters. The standard InChI is InChI=1S/C36H28O16/c37-14-5-20(39)18-10-26(45)34(50-27(18)7-14)12-1-16-17(9-25(44)33(48)30(16)32(47)24(43)2-12)35-29(11-19-21(40)6-15(38)8-28(19)51-35)52-36(49)13-3-22(41)31(46)23(42)4-13/h1-9,26,29,34-35,37-42,44-46,48H,10-11H2,(H,43,47)/t26-,29?,34-,35?/m1/s1. The van der Waals surface area contributed by atoms with Crippen LogP contribution in [0.3, 0.4) is 0 Å². The second-order valence-corrected chi connectivity index (χ2v) is 12.4. The molecule has 0 aromatic heterocycles. The summed E-state index contributed by atoms with van der Waals surface area (Å²) in [7, 11) is 0. The van der Waals surface area contributed by atoms with Crippen LogP contribution in [0.1, 0.15) is 44.8 Å². The molecule has 0 fully saturated rings. The van der Waals surface area contributed by atoms with Crippen LogP contribution in [0, 0.1) is 0 Å². The van der Waals surface area contributed by atoms with E-state index in [0.717, 1.165) is 42.5 Å². The van der Waals surface area contributed by atoms with Crippen molar-refractivity contribution in [3.8, 4) is 69.0 Å². The number of carbonyl (C=O) groups excluding carboxylic acids is 1. The van der Waals surface area contributed by atoms with Gasteiger partial charge in [0.2, 0.25) is 5.43 Å². The van der Waals surface area contributed by atoms with Crippen LogP contribution >= 0.6 is 0 Å². The second kappa shape index (κ2) is 12.1. The fourth-order valence-electron chi connectivity index (χ4n) is 6.53. The van der Waals surface area contributed by atoms with E-state index in [4.69, 9.17) is 14.2 Å². The fraction of sp³-hybridized carbons (Fsp3) is 0.167. The molecule has 0 aliphatic carbocycles. The number of ether oxygens (including phenoxy) is 3. The number of fused-ring (bicyclic) bond motifs is 3. The predicted octanol–water partition coefficient (Wildman–Crippen LogP) is 3.19. The number of aliphatic hydroxyl groups is 1. The maximum absolute atomic E-state index is 13.6. The number of esters is 1. The van der Waals surface area contributed by atoms with Crippen LogP contribution in [0.5, 0.6) is 69.0 Å². The van der Waals surface area contributed by atoms with Crippen LogP contribution in [-0.2, 0) is 17.6 Å². The largest absolute Gasteiger partial charge is 0.508 e. The van der Waals surface area contributed by atoms with Crippen LogP contribution in [0.25, 0.3) is 10.8 Å². The average molecular weight is 717 g/mol. The van der Waals surface area contributed by atoms with Gasteiger partial charge in [-0.3, -0.25) is 4.79 Å². The van der Waals surface area contributed by atoms with Crippen molar-refractivity contribution in [2.75, 3.05) is 0 Å². The Bertz CT molecular complexity index is 2370. The summed E-state index contributed by atoms with van der Waals surface area (Å²) in [4.78, 5) is 27.0. The quantitative estimate of drug-likeness (QED) is 0.0940. The zero-order valence-electron chi connectivity index (χ0n) is 26.4. The van der Waals surface area contributed by atoms with Crippen molar-refractivity contribution in [3.63, 3.8) is 0 Å². The third kappa shape index (κ3) is 5.56. The van der Waals surface area contributed by atoms with Crippen LogP contribution in [0.4, 0.5) is 0 Å². The number of rotatable bonds is 4. The molecule has 2 aliphatic rings. The lowest BCUT2D eigenvalue weighted by atomic mass is 9.90. The number of aromatic hydroxyl groups is 10. The number of hydrogen-bond donors (Lipinski definition) is 11. The van der Waals surface area contributed by atoms with E-state index in [-0.39, 0.29) is 63.5 Å². The SMILES string of the molecule is O=C(OC1Cc2c(O)cc(O)cc2OC1c1cc(O)c(O)c2c(=O)c(O)cc([C@H]3Oc4cc(O)cc(O)c4C[C@H]3O)cc12)c1cc(O)c(O)c(O)c1. The summed E-state index contributed by atoms with van der Waals surface area (Å²) in [6.45, 7) is 0. The van der Waals surface area contributed by atoms with Gasteiger partial charge >= 0.3 is 5.97 Å². The summed E-state index contributed by atoms with van der Waals surface area (Å²) >= 11 is 0. The predicted molar refractivity (Wildman–Crippen MR) is 176 cm³/mol. The van der Waals surface area contributed by atoms with Gasteiger partial charge in [0.05, 0.1) is 17.1 Å². The highest BCUT2D eigenvalue weighted by Gasteiger charge is 2.39. The Labute approximate surface area is 290 Å². The maximum atomic E-state index is 13.6. The average Bonchev–Trinajstić information content (AvgIpc) is 3.20.